The summed E-state index contributed by atoms with van der Waals surface area (Å²) in [5.74, 6) is 2.81. The minimum absolute atomic E-state index is 0.339. The monoisotopic (exact) mass is 638 g/mol. The molecule has 0 unspecified atom stereocenters. The van der Waals surface area contributed by atoms with E-state index >= 15 is 0 Å². The van der Waals surface area contributed by atoms with Gasteiger partial charge in [0, 0.05) is 68.6 Å². The summed E-state index contributed by atoms with van der Waals surface area (Å²) in [4.78, 5) is 4.28. The molecule has 0 N–H and O–H groups in total. The number of fused-ring (bicyclic) bond motifs is 8. The van der Waals surface area contributed by atoms with E-state index in [0.717, 1.165) is 28.6 Å². The lowest BCUT2D eigenvalue weighted by Gasteiger charge is -2.38. The highest BCUT2D eigenvalue weighted by Crippen LogP contribution is 2.63. The van der Waals surface area contributed by atoms with Crippen LogP contribution in [0.5, 0.6) is 11.5 Å². The van der Waals surface area contributed by atoms with E-state index < -0.39 is 0 Å². The summed E-state index contributed by atoms with van der Waals surface area (Å²) in [5, 5.41) is 10.6. The predicted molar refractivity (Wildman–Crippen MR) is 206 cm³/mol. The summed E-state index contributed by atoms with van der Waals surface area (Å²) in [6.45, 7) is 0. The molecule has 0 aromatic heterocycles. The first-order valence-corrected chi connectivity index (χ1v) is 17.6. The zero-order valence-electron chi connectivity index (χ0n) is 27.5. The smallest absolute Gasteiger partial charge is 0.134 e. The molecule has 0 bridgehead atoms. The molecule has 3 nitrogen and oxygen atoms in total. The maximum Gasteiger partial charge on any atom is 0.134 e. The molecule has 0 saturated carbocycles. The molecule has 10 rings (SSSR count). The molecule has 0 aliphatic carbocycles. The summed E-state index contributed by atoms with van der Waals surface area (Å²) in [5.41, 5.74) is 10.0. The SMILES string of the molecule is CN(C)c1ccc2c(c1)Oc1cc(N(C)C)ccc1C21SCc2cc(-c3ccc4c5cccc6cccc(c7cccc3c74)c65)ccc21. The lowest BCUT2D eigenvalue weighted by atomic mass is 9.79. The van der Waals surface area contributed by atoms with Crippen molar-refractivity contribution in [3.05, 3.63) is 144 Å². The molecule has 4 heteroatoms. The van der Waals surface area contributed by atoms with Gasteiger partial charge in [-0.1, -0.05) is 91.0 Å². The fourth-order valence-corrected chi connectivity index (χ4v) is 10.0. The van der Waals surface area contributed by atoms with E-state index in [-0.39, 0.29) is 4.75 Å². The third-order valence-electron chi connectivity index (χ3n) is 10.7. The van der Waals surface area contributed by atoms with E-state index in [1.807, 2.05) is 11.8 Å². The number of rotatable bonds is 3. The molecule has 2 aliphatic rings. The van der Waals surface area contributed by atoms with Gasteiger partial charge in [-0.2, -0.15) is 0 Å². The maximum absolute atomic E-state index is 6.72. The van der Waals surface area contributed by atoms with E-state index in [9.17, 15) is 0 Å². The Morgan fingerprint density at radius 3 is 1.75 bits per heavy atom. The second-order valence-corrected chi connectivity index (χ2v) is 14.9. The van der Waals surface area contributed by atoms with Gasteiger partial charge >= 0.3 is 0 Å². The van der Waals surface area contributed by atoms with Gasteiger partial charge in [-0.15, -0.1) is 11.8 Å². The first kappa shape index (κ1) is 27.9. The number of benzene rings is 8. The lowest BCUT2D eigenvalue weighted by Crippen LogP contribution is -2.28. The standard InChI is InChI=1S/C44H34N2OS/c1-45(2)29-15-20-38-40(23-29)47-41-24-30(46(3)4)16-21-39(41)44(38)37-19-14-27(22-28(37)25-48-44)31-17-18-36-34-11-6-9-26-8-5-10-33(42(26)34)35-13-7-12-32(31)43(35)36/h5-24H,25H2,1-4H3. The lowest BCUT2D eigenvalue weighted by molar-refractivity contribution is 0.448. The van der Waals surface area contributed by atoms with Crippen LogP contribution in [-0.2, 0) is 10.5 Å². The zero-order valence-corrected chi connectivity index (χ0v) is 28.3. The van der Waals surface area contributed by atoms with E-state index in [2.05, 4.69) is 159 Å². The molecule has 0 radical (unpaired) electrons. The topological polar surface area (TPSA) is 15.7 Å². The Kier molecular flexibility index (Phi) is 5.76. The van der Waals surface area contributed by atoms with E-state index in [0.29, 0.717) is 0 Å². The van der Waals surface area contributed by atoms with Crippen LogP contribution in [-0.4, -0.2) is 28.2 Å². The van der Waals surface area contributed by atoms with Crippen molar-refractivity contribution in [1.82, 2.24) is 0 Å². The van der Waals surface area contributed by atoms with Gasteiger partial charge in [0.05, 0.1) is 4.75 Å². The van der Waals surface area contributed by atoms with Crippen LogP contribution in [0.25, 0.3) is 54.2 Å². The van der Waals surface area contributed by atoms with Crippen LogP contribution >= 0.6 is 11.8 Å². The molecule has 48 heavy (non-hydrogen) atoms. The molecule has 8 aromatic carbocycles. The molecule has 2 heterocycles. The molecule has 1 spiro atoms. The molecule has 0 atom stereocenters. The molecule has 0 fully saturated rings. The van der Waals surface area contributed by atoms with E-state index in [4.69, 9.17) is 4.74 Å². The quantitative estimate of drug-likeness (QED) is 0.141. The largest absolute Gasteiger partial charge is 0.456 e. The predicted octanol–water partition coefficient (Wildman–Crippen LogP) is 11.2. The third-order valence-corrected chi connectivity index (χ3v) is 12.3. The molecule has 232 valence electrons. The molecule has 0 amide bonds. The van der Waals surface area contributed by atoms with Crippen LogP contribution < -0.4 is 14.5 Å². The van der Waals surface area contributed by atoms with Crippen molar-refractivity contribution in [1.29, 1.82) is 0 Å². The van der Waals surface area contributed by atoms with Crippen LogP contribution in [0.2, 0.25) is 0 Å². The van der Waals surface area contributed by atoms with Crippen LogP contribution in [0.15, 0.2) is 121 Å². The molecule has 8 aromatic rings. The Morgan fingerprint density at radius 2 is 1.10 bits per heavy atom. The first-order chi connectivity index (χ1) is 23.4. The number of hydrogen-bond acceptors (Lipinski definition) is 4. The minimum Gasteiger partial charge on any atom is -0.456 e. The Morgan fingerprint density at radius 1 is 0.542 bits per heavy atom. The fraction of sp³-hybridized carbons (Fsp3) is 0.136. The van der Waals surface area contributed by atoms with Gasteiger partial charge in [0.25, 0.3) is 0 Å². The van der Waals surface area contributed by atoms with Crippen LogP contribution in [0, 0.1) is 0 Å². The average Bonchev–Trinajstić information content (AvgIpc) is 3.48. The third kappa shape index (κ3) is 3.67. The van der Waals surface area contributed by atoms with Crippen molar-refractivity contribution in [3.8, 4) is 22.6 Å². The number of anilines is 2. The summed E-state index contributed by atoms with van der Waals surface area (Å²) in [6.07, 6.45) is 0. The van der Waals surface area contributed by atoms with Crippen molar-refractivity contribution < 1.29 is 4.74 Å². The van der Waals surface area contributed by atoms with Crippen molar-refractivity contribution in [2.45, 2.75) is 10.5 Å². The Bertz CT molecular complexity index is 2510. The van der Waals surface area contributed by atoms with Crippen molar-refractivity contribution in [2.24, 2.45) is 0 Å². The second-order valence-electron chi connectivity index (χ2n) is 13.7. The Labute approximate surface area is 284 Å². The number of thioether (sulfide) groups is 1. The Balaban J connectivity index is 1.18. The van der Waals surface area contributed by atoms with Gasteiger partial charge in [-0.05, 0) is 83.5 Å². The number of nitrogens with zero attached hydrogens (tertiary/aromatic N) is 2. The fourth-order valence-electron chi connectivity index (χ4n) is 8.42. The van der Waals surface area contributed by atoms with Crippen LogP contribution in [0.1, 0.15) is 22.3 Å². The van der Waals surface area contributed by atoms with Crippen molar-refractivity contribution in [2.75, 3.05) is 38.0 Å². The number of ether oxygens (including phenoxy) is 1. The van der Waals surface area contributed by atoms with E-state index in [1.54, 1.807) is 0 Å². The van der Waals surface area contributed by atoms with Gasteiger partial charge in [0.1, 0.15) is 11.5 Å². The second kappa shape index (κ2) is 9.91. The van der Waals surface area contributed by atoms with Crippen LogP contribution in [0.4, 0.5) is 11.4 Å². The maximum atomic E-state index is 6.72. The van der Waals surface area contributed by atoms with Gasteiger partial charge in [-0.25, -0.2) is 0 Å². The molecule has 0 saturated heterocycles. The highest BCUT2D eigenvalue weighted by atomic mass is 32.2. The molecular formula is C44H34N2OS. The van der Waals surface area contributed by atoms with Gasteiger partial charge < -0.3 is 14.5 Å². The number of hydrogen-bond donors (Lipinski definition) is 0. The van der Waals surface area contributed by atoms with Gasteiger partial charge in [0.2, 0.25) is 0 Å². The van der Waals surface area contributed by atoms with Crippen molar-refractivity contribution in [3.63, 3.8) is 0 Å². The summed E-state index contributed by atoms with van der Waals surface area (Å²) in [6, 6.07) is 45.6. The van der Waals surface area contributed by atoms with Crippen molar-refractivity contribution >= 4 is 66.2 Å². The van der Waals surface area contributed by atoms with Gasteiger partial charge in [-0.3, -0.25) is 0 Å². The highest BCUT2D eigenvalue weighted by molar-refractivity contribution is 8.00. The summed E-state index contributed by atoms with van der Waals surface area (Å²) >= 11 is 2.02. The minimum atomic E-state index is -0.339. The van der Waals surface area contributed by atoms with Gasteiger partial charge in [0.15, 0.2) is 0 Å². The average molecular weight is 639 g/mol. The zero-order chi connectivity index (χ0) is 32.3. The normalized spacial score (nSPS) is 14.4. The molecular weight excluding hydrogens is 605 g/mol. The first-order valence-electron chi connectivity index (χ1n) is 16.6. The summed E-state index contributed by atoms with van der Waals surface area (Å²) in [7, 11) is 8.34. The van der Waals surface area contributed by atoms with E-state index in [1.165, 1.54) is 76.5 Å². The summed E-state index contributed by atoms with van der Waals surface area (Å²) < 4.78 is 6.38. The highest BCUT2D eigenvalue weighted by Gasteiger charge is 2.49. The Hall–Kier alpha value is -5.19. The van der Waals surface area contributed by atoms with Crippen LogP contribution in [0.3, 0.4) is 0 Å². The molecule has 2 aliphatic heterocycles.